The minimum absolute atomic E-state index is 0.0379. The van der Waals surface area contributed by atoms with Gasteiger partial charge in [0.15, 0.2) is 0 Å². The molecule has 0 aromatic carbocycles. The van der Waals surface area contributed by atoms with Crippen LogP contribution < -0.4 is 10.6 Å². The molecule has 2 amide bonds. The van der Waals surface area contributed by atoms with Crippen molar-refractivity contribution in [2.75, 3.05) is 19.8 Å². The van der Waals surface area contributed by atoms with Gasteiger partial charge in [0.2, 0.25) is 11.8 Å². The fourth-order valence-corrected chi connectivity index (χ4v) is 3.00. The Labute approximate surface area is 122 Å². The van der Waals surface area contributed by atoms with Crippen molar-refractivity contribution >= 4 is 23.2 Å². The molecule has 1 aromatic heterocycles. The van der Waals surface area contributed by atoms with Crippen molar-refractivity contribution in [3.8, 4) is 0 Å². The van der Waals surface area contributed by atoms with Gasteiger partial charge in [0.05, 0.1) is 19.1 Å². The minimum atomic E-state index is -0.243. The molecule has 0 aliphatic carbocycles. The summed E-state index contributed by atoms with van der Waals surface area (Å²) in [5, 5.41) is 7.69. The summed E-state index contributed by atoms with van der Waals surface area (Å²) in [6.07, 6.45) is 1.27. The molecule has 0 radical (unpaired) electrons. The summed E-state index contributed by atoms with van der Waals surface area (Å²) < 4.78 is 5.28. The van der Waals surface area contributed by atoms with Gasteiger partial charge in [-0.2, -0.15) is 0 Å². The van der Waals surface area contributed by atoms with Crippen LogP contribution in [-0.4, -0.2) is 31.6 Å². The average Bonchev–Trinajstić information content (AvgIpc) is 3.08. The summed E-state index contributed by atoms with van der Waals surface area (Å²) in [4.78, 5) is 24.2. The van der Waals surface area contributed by atoms with Crippen molar-refractivity contribution in [2.45, 2.75) is 25.8 Å². The van der Waals surface area contributed by atoms with Crippen molar-refractivity contribution in [2.24, 2.45) is 5.92 Å². The first kappa shape index (κ1) is 15.0. The maximum atomic E-state index is 12.0. The number of hydrogen-bond donors (Lipinski definition) is 2. The molecule has 0 saturated carbocycles. The minimum Gasteiger partial charge on any atom is -0.381 e. The maximum absolute atomic E-state index is 12.0. The smallest absolute Gasteiger partial charge is 0.222 e. The predicted molar refractivity (Wildman–Crippen MR) is 77.4 cm³/mol. The van der Waals surface area contributed by atoms with E-state index in [-0.39, 0.29) is 24.3 Å². The first-order valence-corrected chi connectivity index (χ1v) is 7.68. The lowest BCUT2D eigenvalue weighted by Crippen LogP contribution is -2.34. The van der Waals surface area contributed by atoms with Gasteiger partial charge in [0.25, 0.3) is 0 Å². The van der Waals surface area contributed by atoms with Crippen LogP contribution in [0.25, 0.3) is 0 Å². The highest BCUT2D eigenvalue weighted by Crippen LogP contribution is 2.22. The molecule has 0 spiro atoms. The van der Waals surface area contributed by atoms with Crippen molar-refractivity contribution in [3.63, 3.8) is 0 Å². The summed E-state index contributed by atoms with van der Waals surface area (Å²) in [7, 11) is 0. The number of thiophene rings is 1. The van der Waals surface area contributed by atoms with E-state index in [0.717, 1.165) is 24.5 Å². The van der Waals surface area contributed by atoms with Crippen LogP contribution in [0.4, 0.5) is 0 Å². The van der Waals surface area contributed by atoms with Gasteiger partial charge in [-0.25, -0.2) is 0 Å². The molecule has 1 aliphatic heterocycles. The second kappa shape index (κ2) is 7.40. The van der Waals surface area contributed by atoms with Crippen LogP contribution in [0.2, 0.25) is 0 Å². The van der Waals surface area contributed by atoms with Crippen LogP contribution in [0.3, 0.4) is 0 Å². The summed E-state index contributed by atoms with van der Waals surface area (Å²) in [5.41, 5.74) is 0. The van der Waals surface area contributed by atoms with Gasteiger partial charge in [0.1, 0.15) is 0 Å². The quantitative estimate of drug-likeness (QED) is 0.835. The summed E-state index contributed by atoms with van der Waals surface area (Å²) >= 11 is 1.54. The maximum Gasteiger partial charge on any atom is 0.222 e. The molecule has 2 N–H and O–H groups in total. The standard InChI is InChI=1S/C14H20N2O3S/c1-10(17)16-12(13-3-2-6-20-13)7-14(18)15-8-11-4-5-19-9-11/h2-3,6,11-12H,4-5,7-9H2,1H3,(H,15,18)(H,16,17)/t11-,12+/m0/s1. The average molecular weight is 296 g/mol. The third kappa shape index (κ3) is 4.61. The lowest BCUT2D eigenvalue weighted by molar-refractivity contribution is -0.122. The number of amides is 2. The van der Waals surface area contributed by atoms with Crippen LogP contribution in [0, 0.1) is 5.92 Å². The Balaban J connectivity index is 1.83. The lowest BCUT2D eigenvalue weighted by Gasteiger charge is -2.17. The summed E-state index contributed by atoms with van der Waals surface area (Å²) in [5.74, 6) is 0.254. The molecule has 1 fully saturated rings. The Kier molecular flexibility index (Phi) is 5.55. The van der Waals surface area contributed by atoms with Crippen molar-refractivity contribution < 1.29 is 14.3 Å². The van der Waals surface area contributed by atoms with Crippen LogP contribution in [0.5, 0.6) is 0 Å². The van der Waals surface area contributed by atoms with Crippen LogP contribution in [0.15, 0.2) is 17.5 Å². The van der Waals surface area contributed by atoms with Crippen LogP contribution in [0.1, 0.15) is 30.7 Å². The highest BCUT2D eigenvalue weighted by atomic mass is 32.1. The molecule has 2 heterocycles. The molecule has 0 bridgehead atoms. The molecule has 1 aliphatic rings. The van der Waals surface area contributed by atoms with Crippen LogP contribution >= 0.6 is 11.3 Å². The predicted octanol–water partition coefficient (Wildman–Crippen LogP) is 1.47. The van der Waals surface area contributed by atoms with Crippen LogP contribution in [-0.2, 0) is 14.3 Å². The molecular formula is C14H20N2O3S. The highest BCUT2D eigenvalue weighted by Gasteiger charge is 2.20. The third-order valence-corrected chi connectivity index (χ3v) is 4.25. The van der Waals surface area contributed by atoms with E-state index in [2.05, 4.69) is 10.6 Å². The lowest BCUT2D eigenvalue weighted by atomic mass is 10.1. The zero-order valence-corrected chi connectivity index (χ0v) is 12.4. The largest absolute Gasteiger partial charge is 0.381 e. The number of ether oxygens (including phenoxy) is 1. The Morgan fingerprint density at radius 3 is 3.00 bits per heavy atom. The molecule has 2 rings (SSSR count). The molecule has 110 valence electrons. The van der Waals surface area contributed by atoms with Gasteiger partial charge in [-0.05, 0) is 17.9 Å². The second-order valence-corrected chi connectivity index (χ2v) is 5.99. The van der Waals surface area contributed by atoms with E-state index in [1.54, 1.807) is 11.3 Å². The van der Waals surface area contributed by atoms with E-state index in [4.69, 9.17) is 4.74 Å². The number of carbonyl (C=O) groups is 2. The molecular weight excluding hydrogens is 276 g/mol. The molecule has 2 atom stereocenters. The zero-order valence-electron chi connectivity index (χ0n) is 11.6. The zero-order chi connectivity index (χ0) is 14.4. The number of carbonyl (C=O) groups excluding carboxylic acids is 2. The fourth-order valence-electron chi connectivity index (χ4n) is 2.22. The molecule has 1 saturated heterocycles. The molecule has 5 nitrogen and oxygen atoms in total. The topological polar surface area (TPSA) is 67.4 Å². The summed E-state index contributed by atoms with van der Waals surface area (Å²) in [6, 6.07) is 3.61. The van der Waals surface area contributed by atoms with Gasteiger partial charge in [-0.15, -0.1) is 11.3 Å². The van der Waals surface area contributed by atoms with Crippen molar-refractivity contribution in [1.29, 1.82) is 0 Å². The van der Waals surface area contributed by atoms with E-state index in [0.29, 0.717) is 12.5 Å². The van der Waals surface area contributed by atoms with E-state index in [1.165, 1.54) is 6.92 Å². The fraction of sp³-hybridized carbons (Fsp3) is 0.571. The first-order chi connectivity index (χ1) is 9.65. The summed E-state index contributed by atoms with van der Waals surface area (Å²) in [6.45, 7) is 3.62. The normalized spacial score (nSPS) is 19.6. The monoisotopic (exact) mass is 296 g/mol. The number of hydrogen-bond acceptors (Lipinski definition) is 4. The van der Waals surface area contributed by atoms with Gasteiger partial charge < -0.3 is 15.4 Å². The Morgan fingerprint density at radius 1 is 1.55 bits per heavy atom. The Bertz CT molecular complexity index is 441. The van der Waals surface area contributed by atoms with E-state index < -0.39 is 0 Å². The molecule has 6 heteroatoms. The first-order valence-electron chi connectivity index (χ1n) is 6.80. The molecule has 0 unspecified atom stereocenters. The van der Waals surface area contributed by atoms with Gasteiger partial charge in [-0.3, -0.25) is 9.59 Å². The Morgan fingerprint density at radius 2 is 2.40 bits per heavy atom. The van der Waals surface area contributed by atoms with E-state index >= 15 is 0 Å². The Hall–Kier alpha value is -1.40. The van der Waals surface area contributed by atoms with Gasteiger partial charge in [0, 0.05) is 30.9 Å². The number of nitrogens with one attached hydrogen (secondary N) is 2. The van der Waals surface area contributed by atoms with Gasteiger partial charge in [-0.1, -0.05) is 6.07 Å². The SMILES string of the molecule is CC(=O)N[C@H](CC(=O)NC[C@@H]1CCOC1)c1cccs1. The van der Waals surface area contributed by atoms with E-state index in [1.807, 2.05) is 17.5 Å². The number of rotatable bonds is 6. The van der Waals surface area contributed by atoms with E-state index in [9.17, 15) is 9.59 Å². The van der Waals surface area contributed by atoms with Crippen molar-refractivity contribution in [3.05, 3.63) is 22.4 Å². The third-order valence-electron chi connectivity index (χ3n) is 3.27. The molecule has 20 heavy (non-hydrogen) atoms. The molecule has 1 aromatic rings. The van der Waals surface area contributed by atoms with Crippen molar-refractivity contribution in [1.82, 2.24) is 10.6 Å². The second-order valence-electron chi connectivity index (χ2n) is 5.01. The van der Waals surface area contributed by atoms with Gasteiger partial charge >= 0.3 is 0 Å². The highest BCUT2D eigenvalue weighted by molar-refractivity contribution is 7.10.